The van der Waals surface area contributed by atoms with Crippen LogP contribution in [0.1, 0.15) is 35.7 Å². The average molecular weight is 362 g/mol. The number of aryl methyl sites for hydroxylation is 1. The van der Waals surface area contributed by atoms with Crippen molar-refractivity contribution in [2.75, 3.05) is 12.4 Å². The Kier molecular flexibility index (Phi) is 6.01. The Morgan fingerprint density at radius 1 is 1.23 bits per heavy atom. The van der Waals surface area contributed by atoms with Gasteiger partial charge in [0.05, 0.1) is 18.4 Å². The van der Waals surface area contributed by atoms with Crippen LogP contribution in [0.25, 0.3) is 0 Å². The third-order valence-corrected chi connectivity index (χ3v) is 4.11. The van der Waals surface area contributed by atoms with Gasteiger partial charge in [0.2, 0.25) is 0 Å². The van der Waals surface area contributed by atoms with Crippen LogP contribution in [0.2, 0.25) is 0 Å². The molecule has 0 saturated carbocycles. The summed E-state index contributed by atoms with van der Waals surface area (Å²) in [5.74, 6) is 0.384. The van der Waals surface area contributed by atoms with E-state index >= 15 is 0 Å². The highest BCUT2D eigenvalue weighted by molar-refractivity contribution is 9.10. The lowest BCUT2D eigenvalue weighted by molar-refractivity contribution is 0.102. The summed E-state index contributed by atoms with van der Waals surface area (Å²) in [5.41, 5.74) is 2.55. The molecular formula is C18H20BrNO2. The number of nitrogens with one attached hydrogen (secondary N) is 1. The summed E-state index contributed by atoms with van der Waals surface area (Å²) in [6.45, 7) is 2.18. The molecule has 0 heterocycles. The van der Waals surface area contributed by atoms with Gasteiger partial charge in [0.25, 0.3) is 5.91 Å². The van der Waals surface area contributed by atoms with E-state index < -0.39 is 0 Å². The number of carbonyl (C=O) groups excluding carboxylic acids is 1. The van der Waals surface area contributed by atoms with E-state index in [4.69, 9.17) is 4.74 Å². The van der Waals surface area contributed by atoms with Crippen molar-refractivity contribution in [1.29, 1.82) is 0 Å². The molecule has 22 heavy (non-hydrogen) atoms. The van der Waals surface area contributed by atoms with E-state index in [1.165, 1.54) is 18.4 Å². The van der Waals surface area contributed by atoms with E-state index in [-0.39, 0.29) is 5.91 Å². The number of para-hydroxylation sites is 1. The summed E-state index contributed by atoms with van der Waals surface area (Å²) in [4.78, 5) is 12.4. The van der Waals surface area contributed by atoms with Gasteiger partial charge >= 0.3 is 0 Å². The molecular weight excluding hydrogens is 342 g/mol. The molecule has 1 N–H and O–H groups in total. The minimum Gasteiger partial charge on any atom is -0.496 e. The molecule has 0 atom stereocenters. The quantitative estimate of drug-likeness (QED) is 0.781. The first kappa shape index (κ1) is 16.6. The molecule has 0 saturated heterocycles. The zero-order valence-corrected chi connectivity index (χ0v) is 14.4. The topological polar surface area (TPSA) is 38.3 Å². The Balaban J connectivity index is 2.14. The van der Waals surface area contributed by atoms with E-state index in [1.807, 2.05) is 18.2 Å². The lowest BCUT2D eigenvalue weighted by Crippen LogP contribution is -2.13. The van der Waals surface area contributed by atoms with Crippen molar-refractivity contribution in [1.82, 2.24) is 0 Å². The summed E-state index contributed by atoms with van der Waals surface area (Å²) in [7, 11) is 1.56. The van der Waals surface area contributed by atoms with E-state index in [2.05, 4.69) is 40.3 Å². The molecule has 0 radical (unpaired) electrons. The number of carbonyl (C=O) groups is 1. The van der Waals surface area contributed by atoms with Crippen LogP contribution in [-0.4, -0.2) is 13.0 Å². The second kappa shape index (κ2) is 7.99. The molecule has 3 nitrogen and oxygen atoms in total. The minimum absolute atomic E-state index is 0.181. The van der Waals surface area contributed by atoms with E-state index in [9.17, 15) is 4.79 Å². The molecule has 2 aromatic rings. The fraction of sp³-hybridized carbons (Fsp3) is 0.278. The van der Waals surface area contributed by atoms with Crippen molar-refractivity contribution >= 4 is 27.5 Å². The molecule has 0 bridgehead atoms. The molecule has 0 aliphatic carbocycles. The Bertz CT molecular complexity index is 655. The van der Waals surface area contributed by atoms with Gasteiger partial charge in [-0.2, -0.15) is 0 Å². The first-order chi connectivity index (χ1) is 10.7. The Hall–Kier alpha value is -1.81. The highest BCUT2D eigenvalue weighted by atomic mass is 79.9. The van der Waals surface area contributed by atoms with Crippen molar-refractivity contribution < 1.29 is 9.53 Å². The molecule has 116 valence electrons. The van der Waals surface area contributed by atoms with Gasteiger partial charge < -0.3 is 10.1 Å². The summed E-state index contributed by atoms with van der Waals surface area (Å²) < 4.78 is 6.12. The van der Waals surface area contributed by atoms with Crippen LogP contribution in [0.4, 0.5) is 5.69 Å². The van der Waals surface area contributed by atoms with Crippen molar-refractivity contribution in [3.05, 3.63) is 58.1 Å². The van der Waals surface area contributed by atoms with Crippen LogP contribution in [0.3, 0.4) is 0 Å². The molecule has 1 amide bonds. The summed E-state index contributed by atoms with van der Waals surface area (Å²) in [5, 5.41) is 2.92. The number of hydrogen-bond donors (Lipinski definition) is 1. The molecule has 2 aromatic carbocycles. The van der Waals surface area contributed by atoms with Gasteiger partial charge in [-0.25, -0.2) is 0 Å². The molecule has 0 aliphatic rings. The van der Waals surface area contributed by atoms with Gasteiger partial charge in [0.15, 0.2) is 0 Å². The highest BCUT2D eigenvalue weighted by Gasteiger charge is 2.13. The fourth-order valence-electron chi connectivity index (χ4n) is 2.22. The third kappa shape index (κ3) is 4.10. The van der Waals surface area contributed by atoms with Gasteiger partial charge in [-0.15, -0.1) is 0 Å². The number of halogens is 1. The van der Waals surface area contributed by atoms with Crippen LogP contribution < -0.4 is 10.1 Å². The van der Waals surface area contributed by atoms with Gasteiger partial charge in [-0.1, -0.05) is 31.5 Å². The molecule has 0 fully saturated rings. The fourth-order valence-corrected chi connectivity index (χ4v) is 2.74. The van der Waals surface area contributed by atoms with Gasteiger partial charge in [-0.3, -0.25) is 4.79 Å². The van der Waals surface area contributed by atoms with Crippen LogP contribution in [0.5, 0.6) is 5.75 Å². The van der Waals surface area contributed by atoms with E-state index in [0.717, 1.165) is 16.6 Å². The zero-order valence-electron chi connectivity index (χ0n) is 12.9. The number of unbranched alkanes of at least 4 members (excludes halogenated alkanes) is 1. The van der Waals surface area contributed by atoms with Crippen molar-refractivity contribution in [2.24, 2.45) is 0 Å². The predicted molar refractivity (Wildman–Crippen MR) is 93.7 cm³/mol. The van der Waals surface area contributed by atoms with Crippen LogP contribution in [0.15, 0.2) is 46.9 Å². The minimum atomic E-state index is -0.181. The lowest BCUT2D eigenvalue weighted by atomic mass is 10.1. The lowest BCUT2D eigenvalue weighted by Gasteiger charge is -2.11. The van der Waals surface area contributed by atoms with E-state index in [1.54, 1.807) is 19.2 Å². The molecule has 2 rings (SSSR count). The Morgan fingerprint density at radius 2 is 2.00 bits per heavy atom. The number of benzene rings is 2. The standard InChI is InChI=1S/C18H20BrNO2/c1-3-4-7-13-10-11-16(15(19)12-13)20-18(21)14-8-5-6-9-17(14)22-2/h5-6,8-12H,3-4,7H2,1-2H3,(H,20,21). The monoisotopic (exact) mass is 361 g/mol. The molecule has 0 aliphatic heterocycles. The number of ether oxygens (including phenoxy) is 1. The number of methoxy groups -OCH3 is 1. The maximum atomic E-state index is 12.4. The first-order valence-corrected chi connectivity index (χ1v) is 8.17. The van der Waals surface area contributed by atoms with Crippen molar-refractivity contribution in [2.45, 2.75) is 26.2 Å². The van der Waals surface area contributed by atoms with Crippen LogP contribution in [0, 0.1) is 0 Å². The Labute approximate surface area is 139 Å². The number of rotatable bonds is 6. The van der Waals surface area contributed by atoms with Crippen LogP contribution in [-0.2, 0) is 6.42 Å². The molecule has 0 aromatic heterocycles. The second-order valence-electron chi connectivity index (χ2n) is 5.07. The predicted octanol–water partition coefficient (Wildman–Crippen LogP) is 5.05. The second-order valence-corrected chi connectivity index (χ2v) is 5.93. The number of hydrogen-bond acceptors (Lipinski definition) is 2. The van der Waals surface area contributed by atoms with Crippen LogP contribution >= 0.6 is 15.9 Å². The number of anilines is 1. The maximum Gasteiger partial charge on any atom is 0.259 e. The first-order valence-electron chi connectivity index (χ1n) is 7.38. The van der Waals surface area contributed by atoms with Gasteiger partial charge in [-0.05, 0) is 58.6 Å². The smallest absolute Gasteiger partial charge is 0.259 e. The summed E-state index contributed by atoms with van der Waals surface area (Å²) >= 11 is 3.53. The zero-order chi connectivity index (χ0) is 15.9. The molecule has 0 unspecified atom stereocenters. The average Bonchev–Trinajstić information content (AvgIpc) is 2.55. The largest absolute Gasteiger partial charge is 0.496 e. The SMILES string of the molecule is CCCCc1ccc(NC(=O)c2ccccc2OC)c(Br)c1. The molecule has 4 heteroatoms. The third-order valence-electron chi connectivity index (χ3n) is 3.45. The van der Waals surface area contributed by atoms with Crippen molar-refractivity contribution in [3.8, 4) is 5.75 Å². The summed E-state index contributed by atoms with van der Waals surface area (Å²) in [6.07, 6.45) is 3.39. The Morgan fingerprint density at radius 3 is 2.68 bits per heavy atom. The maximum absolute atomic E-state index is 12.4. The normalized spacial score (nSPS) is 10.3. The highest BCUT2D eigenvalue weighted by Crippen LogP contribution is 2.26. The van der Waals surface area contributed by atoms with Gasteiger partial charge in [0.1, 0.15) is 5.75 Å². The number of amides is 1. The molecule has 0 spiro atoms. The van der Waals surface area contributed by atoms with Gasteiger partial charge in [0, 0.05) is 4.47 Å². The summed E-state index contributed by atoms with van der Waals surface area (Å²) in [6, 6.07) is 13.2. The van der Waals surface area contributed by atoms with E-state index in [0.29, 0.717) is 11.3 Å². The van der Waals surface area contributed by atoms with Crippen molar-refractivity contribution in [3.63, 3.8) is 0 Å².